The third kappa shape index (κ3) is 4.12. The van der Waals surface area contributed by atoms with Crippen molar-refractivity contribution in [2.24, 2.45) is 17.8 Å². The summed E-state index contributed by atoms with van der Waals surface area (Å²) in [5, 5.41) is 6.16. The maximum Gasteiger partial charge on any atom is 2.00 e. The van der Waals surface area contributed by atoms with Gasteiger partial charge in [0.1, 0.15) is 12.2 Å². The Labute approximate surface area is 260 Å². The van der Waals surface area contributed by atoms with E-state index >= 15 is 0 Å². The molecular weight excluding hydrogens is 541 g/mol. The zero-order valence-corrected chi connectivity index (χ0v) is 26.1. The van der Waals surface area contributed by atoms with E-state index in [-0.39, 0.29) is 40.7 Å². The van der Waals surface area contributed by atoms with Gasteiger partial charge >= 0.3 is 29.0 Å². The zero-order chi connectivity index (χ0) is 29.3. The van der Waals surface area contributed by atoms with Crippen LogP contribution < -0.4 is 25.7 Å². The molecule has 1 saturated heterocycles. The maximum atomic E-state index is 13.8. The molecule has 5 heterocycles. The molecule has 3 atom stereocenters. The monoisotopic (exact) mass is 570 g/mol. The van der Waals surface area contributed by atoms with Crippen LogP contribution in [-0.4, -0.2) is 48.2 Å². The summed E-state index contributed by atoms with van der Waals surface area (Å²) in [6.07, 6.45) is 8.90. The summed E-state index contributed by atoms with van der Waals surface area (Å²) in [5.74, 6) is -2.10. The van der Waals surface area contributed by atoms with E-state index in [1.807, 2.05) is 32.9 Å². The number of Topliss-reactive ketones (excluding diaryl/α,β-unsaturated/α-hetero) is 1. The normalized spacial score (nSPS) is 24.9. The van der Waals surface area contributed by atoms with E-state index in [1.165, 1.54) is 7.11 Å². The van der Waals surface area contributed by atoms with Gasteiger partial charge in [0.25, 0.3) is 0 Å². The van der Waals surface area contributed by atoms with Gasteiger partial charge in [0.2, 0.25) is 0 Å². The van der Waals surface area contributed by atoms with Crippen LogP contribution in [0.5, 0.6) is 0 Å². The average molecular weight is 571 g/mol. The number of methoxy groups -OCH3 is 1. The fourth-order valence-electron chi connectivity index (χ4n) is 6.48. The molecule has 0 N–H and O–H groups in total. The van der Waals surface area contributed by atoms with Crippen LogP contribution in [0.15, 0.2) is 18.0 Å². The van der Waals surface area contributed by atoms with Crippen LogP contribution in [0.4, 0.5) is 0 Å². The van der Waals surface area contributed by atoms with Crippen molar-refractivity contribution < 1.29 is 19.1 Å². The SMILES string of the molecule is C=Cc1c2[n-]c(c1C)/C=C1\[N-]/C(=C3\c4[n-]c(c(C)c4C(=O)[C@@H]3C(=O)OC)/C=c3\[n-]/c(c(C=O)c3C)=C\2)[C@@H](CC)[C@@H]1C.[Mg+2]. The van der Waals surface area contributed by atoms with Crippen molar-refractivity contribution >= 4 is 71.0 Å². The second-order valence-corrected chi connectivity index (χ2v) is 10.9. The van der Waals surface area contributed by atoms with Crippen molar-refractivity contribution in [3.63, 3.8) is 0 Å². The van der Waals surface area contributed by atoms with E-state index in [9.17, 15) is 14.4 Å². The molecule has 2 aliphatic heterocycles. The molecule has 3 aromatic heterocycles. The molecule has 0 unspecified atom stereocenters. The van der Waals surface area contributed by atoms with Crippen molar-refractivity contribution in [2.45, 2.75) is 41.0 Å². The number of hydrogen-bond donors (Lipinski definition) is 0. The molecule has 3 aromatic rings. The topological polar surface area (TPSA) is 117 Å². The number of ketones is 1. The number of esters is 1. The van der Waals surface area contributed by atoms with Gasteiger partial charge < -0.3 is 25.0 Å². The van der Waals surface area contributed by atoms with E-state index < -0.39 is 11.9 Å². The van der Waals surface area contributed by atoms with Gasteiger partial charge in [-0.25, -0.2) is 0 Å². The molecule has 1 fully saturated rings. The average Bonchev–Trinajstić information content (AvgIpc) is 3.69. The molecule has 1 aliphatic carbocycles. The Morgan fingerprint density at radius 1 is 0.976 bits per heavy atom. The molecular formula is C33H30MgN4O4-2. The van der Waals surface area contributed by atoms with E-state index in [1.54, 1.807) is 12.2 Å². The number of carbonyl (C=O) groups is 3. The molecule has 3 aliphatic rings. The predicted molar refractivity (Wildman–Crippen MR) is 162 cm³/mol. The van der Waals surface area contributed by atoms with Crippen molar-refractivity contribution in [3.8, 4) is 0 Å². The molecule has 8 nitrogen and oxygen atoms in total. The van der Waals surface area contributed by atoms with Crippen molar-refractivity contribution in [1.82, 2.24) is 15.0 Å². The molecule has 0 amide bonds. The number of aldehydes is 1. The van der Waals surface area contributed by atoms with Gasteiger partial charge in [-0.05, 0) is 38.2 Å². The van der Waals surface area contributed by atoms with Gasteiger partial charge in [-0.1, -0.05) is 73.4 Å². The van der Waals surface area contributed by atoms with Gasteiger partial charge in [-0.3, -0.25) is 14.4 Å². The van der Waals surface area contributed by atoms with E-state index in [2.05, 4.69) is 20.4 Å². The molecule has 0 spiro atoms. The van der Waals surface area contributed by atoms with Gasteiger partial charge in [0.05, 0.1) is 7.11 Å². The van der Waals surface area contributed by atoms with Gasteiger partial charge in [-0.15, -0.1) is 33.5 Å². The summed E-state index contributed by atoms with van der Waals surface area (Å²) in [6.45, 7) is 13.8. The van der Waals surface area contributed by atoms with Crippen molar-refractivity contribution in [2.75, 3.05) is 7.11 Å². The smallest absolute Gasteiger partial charge is 0.664 e. The molecule has 210 valence electrons. The van der Waals surface area contributed by atoms with E-state index in [0.29, 0.717) is 61.3 Å². The van der Waals surface area contributed by atoms with Crippen LogP contribution >= 0.6 is 0 Å². The van der Waals surface area contributed by atoms with Crippen molar-refractivity contribution in [1.29, 1.82) is 0 Å². The number of fused-ring (bicyclic) bond motifs is 7. The van der Waals surface area contributed by atoms with Gasteiger partial charge in [0, 0.05) is 11.1 Å². The standard InChI is InChI=1S/C33H31N4O4.Mg/c1-8-18-14(3)21-10-23-15(4)19(9-2)30(36-23)28-29(33(40)41-7)32(39)27-17(6)24(37-31(27)28)11-22-16(5)20(13-38)26(35-22)12-25(18)34-21;/h8,10-13,15,19,29H,1,9H2,2-7H3,(H-,36,37,38,39);/q-3;+2/p-1/b23-10-,26-12-;/t15-,19-,29+;/m0./s1. The summed E-state index contributed by atoms with van der Waals surface area (Å²) >= 11 is 0. The first-order chi connectivity index (χ1) is 19.6. The first-order valence-electron chi connectivity index (χ1n) is 13.7. The quantitative estimate of drug-likeness (QED) is 0.204. The van der Waals surface area contributed by atoms with Crippen LogP contribution in [0, 0.1) is 38.5 Å². The Morgan fingerprint density at radius 2 is 1.67 bits per heavy atom. The molecule has 0 aromatic carbocycles. The van der Waals surface area contributed by atoms with E-state index in [4.69, 9.17) is 25.0 Å². The summed E-state index contributed by atoms with van der Waals surface area (Å²) < 4.78 is 5.11. The summed E-state index contributed by atoms with van der Waals surface area (Å²) in [7, 11) is 1.29. The van der Waals surface area contributed by atoms with Crippen LogP contribution in [0.25, 0.3) is 35.2 Å². The van der Waals surface area contributed by atoms with E-state index in [0.717, 1.165) is 35.2 Å². The van der Waals surface area contributed by atoms with Crippen molar-refractivity contribution in [3.05, 3.63) is 90.1 Å². The number of carbonyl (C=O) groups excluding carboxylic acids is 3. The minimum absolute atomic E-state index is 0. The second kappa shape index (κ2) is 10.8. The maximum absolute atomic E-state index is 13.8. The second-order valence-electron chi connectivity index (χ2n) is 10.9. The third-order valence-electron chi connectivity index (χ3n) is 8.87. The van der Waals surface area contributed by atoms with Crippen LogP contribution in [-0.2, 0) is 9.53 Å². The zero-order valence-electron chi connectivity index (χ0n) is 24.7. The van der Waals surface area contributed by atoms with Gasteiger partial charge in [-0.2, -0.15) is 11.4 Å². The summed E-state index contributed by atoms with van der Waals surface area (Å²) in [4.78, 5) is 53.7. The Bertz CT molecular complexity index is 1880. The minimum atomic E-state index is -1.12. The molecule has 8 bridgehead atoms. The van der Waals surface area contributed by atoms with Gasteiger partial charge in [0.15, 0.2) is 5.78 Å². The Balaban J connectivity index is 0.00000353. The number of ether oxygens (including phenoxy) is 1. The fraction of sp³-hybridized carbons (Fsp3) is 0.303. The Kier molecular flexibility index (Phi) is 7.61. The third-order valence-corrected chi connectivity index (χ3v) is 8.87. The number of allylic oxidation sites excluding steroid dienone is 2. The van der Waals surface area contributed by atoms with Crippen LogP contribution in [0.1, 0.15) is 86.0 Å². The Hall–Kier alpha value is -3.82. The number of nitrogens with zero attached hydrogens (tertiary/aromatic N) is 4. The fourth-order valence-corrected chi connectivity index (χ4v) is 6.48. The molecule has 9 heteroatoms. The summed E-state index contributed by atoms with van der Waals surface area (Å²) in [5.41, 5.74) is 8.49. The predicted octanol–water partition coefficient (Wildman–Crippen LogP) is 3.32. The number of hydrogen-bond acceptors (Lipinski definition) is 4. The van der Waals surface area contributed by atoms with Crippen LogP contribution in [0.3, 0.4) is 0 Å². The number of aromatic nitrogens is 3. The largest absolute Gasteiger partial charge is 2.00 e. The molecule has 6 rings (SSSR count). The Morgan fingerprint density at radius 3 is 2.31 bits per heavy atom. The minimum Gasteiger partial charge on any atom is -0.664 e. The molecule has 0 saturated carbocycles. The van der Waals surface area contributed by atoms with Crippen LogP contribution in [0.2, 0.25) is 0 Å². The molecule has 0 radical (unpaired) electrons. The molecule has 42 heavy (non-hydrogen) atoms. The first-order valence-corrected chi connectivity index (χ1v) is 13.7. The first kappa shape index (κ1) is 29.7. The summed E-state index contributed by atoms with van der Waals surface area (Å²) in [6, 6.07) is 0. The number of rotatable bonds is 4.